The number of nitrogens with one attached hydrogen (secondary N) is 1. The van der Waals surface area contributed by atoms with E-state index in [2.05, 4.69) is 17.1 Å². The summed E-state index contributed by atoms with van der Waals surface area (Å²) < 4.78 is 0. The van der Waals surface area contributed by atoms with Gasteiger partial charge < -0.3 is 5.32 Å². The lowest BCUT2D eigenvalue weighted by atomic mass is 9.99. The van der Waals surface area contributed by atoms with Crippen LogP contribution in [0.3, 0.4) is 0 Å². The molecule has 1 N–H and O–H groups in total. The van der Waals surface area contributed by atoms with E-state index in [1.54, 1.807) is 18.2 Å². The maximum absolute atomic E-state index is 12.4. The highest BCUT2D eigenvalue weighted by Gasteiger charge is 2.25. The zero-order valence-corrected chi connectivity index (χ0v) is 13.1. The number of hydrogen-bond acceptors (Lipinski definition) is 3. The van der Waals surface area contributed by atoms with Crippen molar-refractivity contribution < 1.29 is 9.59 Å². The maximum atomic E-state index is 12.4. The summed E-state index contributed by atoms with van der Waals surface area (Å²) in [5.41, 5.74) is 1.30. The highest BCUT2D eigenvalue weighted by Crippen LogP contribution is 2.19. The topological polar surface area (TPSA) is 49.4 Å². The van der Waals surface area contributed by atoms with Crippen molar-refractivity contribution in [2.75, 3.05) is 18.4 Å². The van der Waals surface area contributed by atoms with E-state index < -0.39 is 0 Å². The van der Waals surface area contributed by atoms with Gasteiger partial charge in [-0.3, -0.25) is 14.5 Å². The molecule has 0 bridgehead atoms. The summed E-state index contributed by atoms with van der Waals surface area (Å²) in [7, 11) is 0. The highest BCUT2D eigenvalue weighted by atomic mass is 16.2. The third-order valence-corrected chi connectivity index (χ3v) is 4.15. The molecule has 2 atom stereocenters. The molecule has 1 saturated heterocycles. The van der Waals surface area contributed by atoms with Gasteiger partial charge in [-0.15, -0.1) is 0 Å². The van der Waals surface area contributed by atoms with Gasteiger partial charge in [0.1, 0.15) is 0 Å². The second-order valence-corrected chi connectivity index (χ2v) is 6.04. The van der Waals surface area contributed by atoms with Crippen molar-refractivity contribution in [1.82, 2.24) is 4.90 Å². The normalized spacial score (nSPS) is 20.8. The van der Waals surface area contributed by atoms with Gasteiger partial charge in [-0.05, 0) is 51.3 Å². The standard InChI is InChI=1S/C17H24N2O2/c1-12-6-5-9-19(11-12)13(2)17(21)18-16-8-4-7-15(10-16)14(3)20/h4,7-8,10,12-13H,5-6,9,11H2,1-3H3,(H,18,21)/t12-,13+/m1/s1. The van der Waals surface area contributed by atoms with E-state index in [0.717, 1.165) is 19.5 Å². The van der Waals surface area contributed by atoms with Crippen LogP contribution in [0.2, 0.25) is 0 Å². The van der Waals surface area contributed by atoms with Gasteiger partial charge in [0.25, 0.3) is 0 Å². The minimum atomic E-state index is -0.145. The summed E-state index contributed by atoms with van der Waals surface area (Å²) in [6, 6.07) is 6.95. The molecule has 1 aliphatic rings. The minimum absolute atomic E-state index is 0.00371. The Balaban J connectivity index is 2.00. The Kier molecular flexibility index (Phi) is 5.12. The van der Waals surface area contributed by atoms with Crippen LogP contribution in [-0.4, -0.2) is 35.7 Å². The van der Waals surface area contributed by atoms with Crippen molar-refractivity contribution in [3.63, 3.8) is 0 Å². The summed E-state index contributed by atoms with van der Waals surface area (Å²) >= 11 is 0. The van der Waals surface area contributed by atoms with Gasteiger partial charge in [0.15, 0.2) is 5.78 Å². The number of likely N-dealkylation sites (tertiary alicyclic amines) is 1. The molecule has 21 heavy (non-hydrogen) atoms. The average Bonchev–Trinajstić information content (AvgIpc) is 2.46. The number of amides is 1. The molecule has 4 nitrogen and oxygen atoms in total. The fourth-order valence-electron chi connectivity index (χ4n) is 2.81. The van der Waals surface area contributed by atoms with Crippen LogP contribution in [0.5, 0.6) is 0 Å². The Morgan fingerprint density at radius 2 is 2.14 bits per heavy atom. The number of rotatable bonds is 4. The molecule has 0 unspecified atom stereocenters. The van der Waals surface area contributed by atoms with E-state index in [9.17, 15) is 9.59 Å². The summed E-state index contributed by atoms with van der Waals surface area (Å²) in [6.45, 7) is 7.66. The van der Waals surface area contributed by atoms with Gasteiger partial charge in [0, 0.05) is 17.8 Å². The van der Waals surface area contributed by atoms with E-state index >= 15 is 0 Å². The second kappa shape index (κ2) is 6.85. The molecule has 0 spiro atoms. The summed E-state index contributed by atoms with van der Waals surface area (Å²) in [5, 5.41) is 2.92. The Hall–Kier alpha value is -1.68. The number of hydrogen-bond donors (Lipinski definition) is 1. The summed E-state index contributed by atoms with van der Waals surface area (Å²) in [4.78, 5) is 26.0. The van der Waals surface area contributed by atoms with Crippen LogP contribution in [0.1, 0.15) is 44.0 Å². The van der Waals surface area contributed by atoms with Crippen molar-refractivity contribution in [3.05, 3.63) is 29.8 Å². The number of benzene rings is 1. The lowest BCUT2D eigenvalue weighted by Crippen LogP contribution is -2.46. The molecule has 2 rings (SSSR count). The fraction of sp³-hybridized carbons (Fsp3) is 0.529. The predicted octanol–water partition coefficient (Wildman–Crippen LogP) is 2.95. The van der Waals surface area contributed by atoms with Gasteiger partial charge >= 0.3 is 0 Å². The van der Waals surface area contributed by atoms with Gasteiger partial charge in [-0.2, -0.15) is 0 Å². The monoisotopic (exact) mass is 288 g/mol. The first kappa shape index (κ1) is 15.7. The van der Waals surface area contributed by atoms with Gasteiger partial charge in [0.2, 0.25) is 5.91 Å². The van der Waals surface area contributed by atoms with Crippen molar-refractivity contribution in [3.8, 4) is 0 Å². The third kappa shape index (κ3) is 4.14. The van der Waals surface area contributed by atoms with Crippen LogP contribution in [0, 0.1) is 5.92 Å². The molecule has 0 aromatic heterocycles. The molecule has 1 heterocycles. The molecule has 0 radical (unpaired) electrons. The Morgan fingerprint density at radius 3 is 2.81 bits per heavy atom. The van der Waals surface area contributed by atoms with Crippen LogP contribution in [0.25, 0.3) is 0 Å². The lowest BCUT2D eigenvalue weighted by molar-refractivity contribution is -0.121. The largest absolute Gasteiger partial charge is 0.325 e. The van der Waals surface area contributed by atoms with E-state index in [0.29, 0.717) is 17.2 Å². The molecule has 0 aliphatic carbocycles. The maximum Gasteiger partial charge on any atom is 0.241 e. The van der Waals surface area contributed by atoms with Gasteiger partial charge in [-0.25, -0.2) is 0 Å². The van der Waals surface area contributed by atoms with Crippen LogP contribution in [0.4, 0.5) is 5.69 Å². The van der Waals surface area contributed by atoms with Crippen molar-refractivity contribution in [1.29, 1.82) is 0 Å². The van der Waals surface area contributed by atoms with Crippen LogP contribution < -0.4 is 5.32 Å². The van der Waals surface area contributed by atoms with Crippen molar-refractivity contribution in [2.24, 2.45) is 5.92 Å². The van der Waals surface area contributed by atoms with Crippen LogP contribution >= 0.6 is 0 Å². The first-order chi connectivity index (χ1) is 9.97. The molecule has 1 amide bonds. The average molecular weight is 288 g/mol. The first-order valence-electron chi connectivity index (χ1n) is 7.63. The number of anilines is 1. The third-order valence-electron chi connectivity index (χ3n) is 4.15. The number of carbonyl (C=O) groups is 2. The first-order valence-corrected chi connectivity index (χ1v) is 7.63. The fourth-order valence-corrected chi connectivity index (χ4v) is 2.81. The number of carbonyl (C=O) groups excluding carboxylic acids is 2. The molecule has 1 aromatic carbocycles. The Morgan fingerprint density at radius 1 is 1.38 bits per heavy atom. The number of nitrogens with zero attached hydrogens (tertiary/aromatic N) is 1. The van der Waals surface area contributed by atoms with Crippen molar-refractivity contribution in [2.45, 2.75) is 39.7 Å². The smallest absolute Gasteiger partial charge is 0.241 e. The zero-order chi connectivity index (χ0) is 15.4. The van der Waals surface area contributed by atoms with Gasteiger partial charge in [-0.1, -0.05) is 19.1 Å². The molecule has 114 valence electrons. The molecule has 4 heteroatoms. The molecular formula is C17H24N2O2. The van der Waals surface area contributed by atoms with Crippen molar-refractivity contribution >= 4 is 17.4 Å². The molecule has 1 aliphatic heterocycles. The summed E-state index contributed by atoms with van der Waals surface area (Å²) in [6.07, 6.45) is 2.39. The van der Waals surface area contributed by atoms with E-state index in [1.807, 2.05) is 13.0 Å². The molecule has 1 fully saturated rings. The van der Waals surface area contributed by atoms with E-state index in [1.165, 1.54) is 13.3 Å². The Labute approximate surface area is 126 Å². The molecule has 1 aromatic rings. The van der Waals surface area contributed by atoms with Gasteiger partial charge in [0.05, 0.1) is 6.04 Å². The Bertz CT molecular complexity index is 527. The molecular weight excluding hydrogens is 264 g/mol. The number of piperidine rings is 1. The quantitative estimate of drug-likeness (QED) is 0.867. The lowest BCUT2D eigenvalue weighted by Gasteiger charge is -2.34. The van der Waals surface area contributed by atoms with E-state index in [-0.39, 0.29) is 17.7 Å². The van der Waals surface area contributed by atoms with Crippen LogP contribution in [-0.2, 0) is 4.79 Å². The summed E-state index contributed by atoms with van der Waals surface area (Å²) in [5.74, 6) is 0.642. The number of Topliss-reactive ketones (excluding diaryl/α,β-unsaturated/α-hetero) is 1. The highest BCUT2D eigenvalue weighted by molar-refractivity contribution is 5.98. The van der Waals surface area contributed by atoms with Crippen LogP contribution in [0.15, 0.2) is 24.3 Å². The molecule has 0 saturated carbocycles. The minimum Gasteiger partial charge on any atom is -0.325 e. The predicted molar refractivity (Wildman–Crippen MR) is 84.5 cm³/mol. The number of ketones is 1. The second-order valence-electron chi connectivity index (χ2n) is 6.04. The zero-order valence-electron chi connectivity index (χ0n) is 13.1. The van der Waals surface area contributed by atoms with E-state index in [4.69, 9.17) is 0 Å². The SMILES string of the molecule is CC(=O)c1cccc(NC(=O)[C@H](C)N2CCC[C@@H](C)C2)c1.